The van der Waals surface area contributed by atoms with Gasteiger partial charge in [-0.3, -0.25) is 4.90 Å². The van der Waals surface area contributed by atoms with Crippen molar-refractivity contribution in [2.45, 2.75) is 32.4 Å². The van der Waals surface area contributed by atoms with Crippen molar-refractivity contribution in [3.8, 4) is 0 Å². The molecule has 0 saturated carbocycles. The summed E-state index contributed by atoms with van der Waals surface area (Å²) in [5.41, 5.74) is 2.49. The molecule has 2 aliphatic rings. The van der Waals surface area contributed by atoms with E-state index in [4.69, 9.17) is 9.73 Å². The molecule has 0 radical (unpaired) electrons. The molecule has 6 nitrogen and oxygen atoms in total. The van der Waals surface area contributed by atoms with Gasteiger partial charge in [-0.05, 0) is 62.0 Å². The van der Waals surface area contributed by atoms with Gasteiger partial charge in [-0.25, -0.2) is 4.99 Å². The summed E-state index contributed by atoms with van der Waals surface area (Å²) in [5, 5.41) is 9.19. The molecule has 4 rings (SSSR count). The monoisotopic (exact) mass is 441 g/mol. The second-order valence-electron chi connectivity index (χ2n) is 8.12. The van der Waals surface area contributed by atoms with Gasteiger partial charge in [0.2, 0.25) is 0 Å². The summed E-state index contributed by atoms with van der Waals surface area (Å²) in [4.78, 5) is 11.3. The quantitative estimate of drug-likeness (QED) is 0.485. The van der Waals surface area contributed by atoms with Gasteiger partial charge >= 0.3 is 0 Å². The number of likely N-dealkylation sites (tertiary alicyclic amines) is 1. The van der Waals surface area contributed by atoms with Crippen LogP contribution in [0.1, 0.15) is 36.2 Å². The maximum absolute atomic E-state index is 5.45. The van der Waals surface area contributed by atoms with Crippen LogP contribution in [0.15, 0.2) is 46.8 Å². The molecule has 2 saturated heterocycles. The smallest absolute Gasteiger partial charge is 0.191 e. The number of anilines is 1. The minimum Gasteiger partial charge on any atom is -0.378 e. The lowest BCUT2D eigenvalue weighted by molar-refractivity contribution is 0.122. The normalized spacial score (nSPS) is 18.9. The van der Waals surface area contributed by atoms with Crippen LogP contribution in [0.3, 0.4) is 0 Å². The number of ether oxygens (including phenoxy) is 1. The van der Waals surface area contributed by atoms with E-state index < -0.39 is 0 Å². The molecule has 31 heavy (non-hydrogen) atoms. The number of morpholine rings is 1. The van der Waals surface area contributed by atoms with E-state index in [0.29, 0.717) is 12.6 Å². The molecule has 2 aromatic rings. The van der Waals surface area contributed by atoms with Gasteiger partial charge in [-0.2, -0.15) is 0 Å². The first-order chi connectivity index (χ1) is 15.3. The van der Waals surface area contributed by atoms with Crippen molar-refractivity contribution in [1.82, 2.24) is 15.5 Å². The first-order valence-corrected chi connectivity index (χ1v) is 12.4. The highest BCUT2D eigenvalue weighted by Crippen LogP contribution is 2.27. The van der Waals surface area contributed by atoms with Gasteiger partial charge < -0.3 is 20.3 Å². The lowest BCUT2D eigenvalue weighted by atomic mass is 10.2. The second kappa shape index (κ2) is 11.5. The Morgan fingerprint density at radius 1 is 1.06 bits per heavy atom. The Morgan fingerprint density at radius 2 is 1.84 bits per heavy atom. The summed E-state index contributed by atoms with van der Waals surface area (Å²) >= 11 is 1.85. The number of nitrogens with zero attached hydrogens (tertiary/aromatic N) is 3. The van der Waals surface area contributed by atoms with Crippen LogP contribution >= 0.6 is 11.3 Å². The van der Waals surface area contributed by atoms with E-state index in [0.717, 1.165) is 45.4 Å². The van der Waals surface area contributed by atoms with Crippen LogP contribution in [-0.4, -0.2) is 63.3 Å². The number of rotatable bonds is 8. The number of aliphatic imine (C=N–C) groups is 1. The topological polar surface area (TPSA) is 52.1 Å². The third-order valence-electron chi connectivity index (χ3n) is 5.99. The Labute approximate surface area is 190 Å². The summed E-state index contributed by atoms with van der Waals surface area (Å²) in [5.74, 6) is 0.889. The van der Waals surface area contributed by atoms with E-state index >= 15 is 0 Å². The molecular weight excluding hydrogens is 406 g/mol. The number of nitrogens with one attached hydrogen (secondary N) is 2. The van der Waals surface area contributed by atoms with Gasteiger partial charge in [-0.1, -0.05) is 18.2 Å². The molecule has 7 heteroatoms. The van der Waals surface area contributed by atoms with Crippen molar-refractivity contribution in [1.29, 1.82) is 0 Å². The predicted molar refractivity (Wildman–Crippen MR) is 130 cm³/mol. The van der Waals surface area contributed by atoms with Gasteiger partial charge in [0.15, 0.2) is 5.96 Å². The number of hydrogen-bond donors (Lipinski definition) is 2. The molecule has 0 bridgehead atoms. The standard InChI is InChI=1S/C24H35N5OS/c1-2-25-24(27-19-22(23-6-5-17-31-23)29-11-3-4-12-29)26-18-20-7-9-21(10-8-20)28-13-15-30-16-14-28/h5-10,17,22H,2-4,11-16,18-19H2,1H3,(H2,25,26,27). The van der Waals surface area contributed by atoms with Crippen molar-refractivity contribution in [3.05, 3.63) is 52.2 Å². The summed E-state index contributed by atoms with van der Waals surface area (Å²) in [6, 6.07) is 13.6. The van der Waals surface area contributed by atoms with Crippen LogP contribution in [0.2, 0.25) is 0 Å². The van der Waals surface area contributed by atoms with E-state index in [1.165, 1.54) is 42.1 Å². The van der Waals surface area contributed by atoms with Gasteiger partial charge in [-0.15, -0.1) is 11.3 Å². The van der Waals surface area contributed by atoms with Crippen molar-refractivity contribution >= 4 is 23.0 Å². The number of hydrogen-bond acceptors (Lipinski definition) is 5. The molecule has 168 valence electrons. The SMILES string of the molecule is CCNC(=NCc1ccc(N2CCOCC2)cc1)NCC(c1cccs1)N1CCCC1. The Balaban J connectivity index is 1.36. The molecule has 1 atom stereocenters. The minimum atomic E-state index is 0.416. The van der Waals surface area contributed by atoms with Crippen LogP contribution in [-0.2, 0) is 11.3 Å². The van der Waals surface area contributed by atoms with Crippen molar-refractivity contribution < 1.29 is 4.74 Å². The molecule has 2 N–H and O–H groups in total. The molecular formula is C24H35N5OS. The van der Waals surface area contributed by atoms with E-state index in [1.807, 2.05) is 11.3 Å². The average Bonchev–Trinajstić information content (AvgIpc) is 3.54. The van der Waals surface area contributed by atoms with Gasteiger partial charge in [0.1, 0.15) is 0 Å². The maximum atomic E-state index is 5.45. The van der Waals surface area contributed by atoms with Crippen molar-refractivity contribution in [3.63, 3.8) is 0 Å². The highest BCUT2D eigenvalue weighted by Gasteiger charge is 2.24. The predicted octanol–water partition coefficient (Wildman–Crippen LogP) is 3.48. The summed E-state index contributed by atoms with van der Waals surface area (Å²) < 4.78 is 5.45. The van der Waals surface area contributed by atoms with Gasteiger partial charge in [0.05, 0.1) is 25.8 Å². The van der Waals surface area contributed by atoms with Crippen LogP contribution in [0.5, 0.6) is 0 Å². The first-order valence-electron chi connectivity index (χ1n) is 11.5. The Kier molecular flexibility index (Phi) is 8.21. The molecule has 1 aromatic carbocycles. The molecule has 1 unspecified atom stereocenters. The van der Waals surface area contributed by atoms with Gasteiger partial charge in [0, 0.05) is 36.7 Å². The summed E-state index contributed by atoms with van der Waals surface area (Å²) in [6.07, 6.45) is 2.60. The third-order valence-corrected chi connectivity index (χ3v) is 6.97. The second-order valence-corrected chi connectivity index (χ2v) is 9.10. The zero-order chi connectivity index (χ0) is 21.3. The van der Waals surface area contributed by atoms with Crippen LogP contribution in [0.25, 0.3) is 0 Å². The Hall–Kier alpha value is -2.09. The number of thiophene rings is 1. The molecule has 0 amide bonds. The Bertz CT molecular complexity index is 796. The van der Waals surface area contributed by atoms with Crippen LogP contribution in [0.4, 0.5) is 5.69 Å². The first kappa shape index (κ1) is 22.1. The fraction of sp³-hybridized carbons (Fsp3) is 0.542. The minimum absolute atomic E-state index is 0.416. The molecule has 0 spiro atoms. The van der Waals surface area contributed by atoms with E-state index in [-0.39, 0.29) is 0 Å². The maximum Gasteiger partial charge on any atom is 0.191 e. The lowest BCUT2D eigenvalue weighted by Crippen LogP contribution is -2.42. The van der Waals surface area contributed by atoms with Crippen LogP contribution in [0, 0.1) is 0 Å². The molecule has 1 aromatic heterocycles. The van der Waals surface area contributed by atoms with Gasteiger partial charge in [0.25, 0.3) is 0 Å². The lowest BCUT2D eigenvalue weighted by Gasteiger charge is -2.28. The van der Waals surface area contributed by atoms with E-state index in [2.05, 4.69) is 69.1 Å². The number of guanidine groups is 1. The fourth-order valence-electron chi connectivity index (χ4n) is 4.28. The highest BCUT2D eigenvalue weighted by atomic mass is 32.1. The molecule has 2 fully saturated rings. The molecule has 2 aliphatic heterocycles. The zero-order valence-corrected chi connectivity index (χ0v) is 19.4. The van der Waals surface area contributed by atoms with Crippen molar-refractivity contribution in [2.24, 2.45) is 4.99 Å². The van der Waals surface area contributed by atoms with Crippen molar-refractivity contribution in [2.75, 3.05) is 57.4 Å². The van der Waals surface area contributed by atoms with E-state index in [1.54, 1.807) is 0 Å². The zero-order valence-electron chi connectivity index (χ0n) is 18.6. The average molecular weight is 442 g/mol. The largest absolute Gasteiger partial charge is 0.378 e. The van der Waals surface area contributed by atoms with Crippen LogP contribution < -0.4 is 15.5 Å². The molecule has 3 heterocycles. The third kappa shape index (κ3) is 6.21. The fourth-order valence-corrected chi connectivity index (χ4v) is 5.14. The summed E-state index contributed by atoms with van der Waals surface area (Å²) in [6.45, 7) is 10.5. The summed E-state index contributed by atoms with van der Waals surface area (Å²) in [7, 11) is 0. The Morgan fingerprint density at radius 3 is 2.52 bits per heavy atom. The van der Waals surface area contributed by atoms with E-state index in [9.17, 15) is 0 Å². The highest BCUT2D eigenvalue weighted by molar-refractivity contribution is 7.10. The number of benzene rings is 1. The molecule has 0 aliphatic carbocycles.